The van der Waals surface area contributed by atoms with Gasteiger partial charge >= 0.3 is 5.97 Å². The number of nitrogens with zero attached hydrogens (tertiary/aromatic N) is 1. The average Bonchev–Trinajstić information content (AvgIpc) is 2.96. The minimum Gasteiger partial charge on any atom is -0.452 e. The number of halogens is 1. The number of nitrogens with two attached hydrogens (primary N) is 1. The van der Waals surface area contributed by atoms with Gasteiger partial charge in [0.25, 0.3) is 5.91 Å². The molecule has 1 amide bonds. The number of rotatable bonds is 4. The van der Waals surface area contributed by atoms with Crippen LogP contribution in [0.25, 0.3) is 0 Å². The molecule has 0 atom stereocenters. The van der Waals surface area contributed by atoms with Crippen LogP contribution in [0.1, 0.15) is 54.1 Å². The van der Waals surface area contributed by atoms with Crippen LogP contribution >= 0.6 is 11.3 Å². The highest BCUT2D eigenvalue weighted by Gasteiger charge is 2.44. The summed E-state index contributed by atoms with van der Waals surface area (Å²) in [6.45, 7) is 7.86. The molecule has 8 heteroatoms. The molecule has 0 fully saturated rings. The van der Waals surface area contributed by atoms with Gasteiger partial charge in [-0.2, -0.15) is 5.26 Å². The average molecular weight is 416 g/mol. The summed E-state index contributed by atoms with van der Waals surface area (Å²) in [5.74, 6) is -2.20. The Balaban J connectivity index is 1.75. The molecule has 1 aromatic heterocycles. The van der Waals surface area contributed by atoms with E-state index < -0.39 is 24.3 Å². The quantitative estimate of drug-likeness (QED) is 0.749. The van der Waals surface area contributed by atoms with Crippen LogP contribution in [0.3, 0.4) is 0 Å². The number of hydrogen-bond acceptors (Lipinski definition) is 5. The number of carbonyl (C=O) groups is 2. The number of quaternary nitrogens is 1. The molecule has 2 heterocycles. The van der Waals surface area contributed by atoms with Crippen LogP contribution < -0.4 is 10.6 Å². The van der Waals surface area contributed by atoms with E-state index in [-0.39, 0.29) is 16.6 Å². The molecule has 3 rings (SSSR count). The maximum atomic E-state index is 13.6. The third kappa shape index (κ3) is 4.31. The van der Waals surface area contributed by atoms with E-state index in [0.717, 1.165) is 16.5 Å². The Morgan fingerprint density at radius 2 is 2.00 bits per heavy atom. The van der Waals surface area contributed by atoms with Crippen molar-refractivity contribution in [2.75, 3.05) is 11.9 Å². The Kier molecular flexibility index (Phi) is 5.48. The number of hydrogen-bond donors (Lipinski definition) is 2. The first-order chi connectivity index (χ1) is 13.5. The van der Waals surface area contributed by atoms with Crippen LogP contribution in [0.15, 0.2) is 24.3 Å². The lowest BCUT2D eigenvalue weighted by molar-refractivity contribution is -0.789. The van der Waals surface area contributed by atoms with Gasteiger partial charge in [-0.1, -0.05) is 12.1 Å². The van der Waals surface area contributed by atoms with Gasteiger partial charge in [-0.25, -0.2) is 9.18 Å². The van der Waals surface area contributed by atoms with Crippen LogP contribution in [0.2, 0.25) is 0 Å². The van der Waals surface area contributed by atoms with E-state index in [1.165, 1.54) is 29.5 Å². The highest BCUT2D eigenvalue weighted by molar-refractivity contribution is 7.16. The molecule has 0 bridgehead atoms. The number of anilines is 1. The Labute approximate surface area is 172 Å². The van der Waals surface area contributed by atoms with Crippen molar-refractivity contribution < 1.29 is 24.0 Å². The van der Waals surface area contributed by atoms with E-state index in [0.29, 0.717) is 17.0 Å². The second-order valence-electron chi connectivity index (χ2n) is 8.36. The van der Waals surface area contributed by atoms with Crippen molar-refractivity contribution >= 4 is 28.2 Å². The van der Waals surface area contributed by atoms with Crippen LogP contribution in [-0.2, 0) is 21.5 Å². The molecule has 3 N–H and O–H groups in total. The lowest BCUT2D eigenvalue weighted by Crippen LogP contribution is -3.03. The van der Waals surface area contributed by atoms with Gasteiger partial charge < -0.3 is 15.4 Å². The van der Waals surface area contributed by atoms with Gasteiger partial charge in [0.05, 0.1) is 21.5 Å². The fraction of sp³-hybridized carbons (Fsp3) is 0.381. The van der Waals surface area contributed by atoms with Crippen molar-refractivity contribution in [3.8, 4) is 6.07 Å². The molecule has 152 valence electrons. The maximum Gasteiger partial charge on any atom is 0.341 e. The molecule has 0 saturated heterocycles. The summed E-state index contributed by atoms with van der Waals surface area (Å²) >= 11 is 1.37. The summed E-state index contributed by atoms with van der Waals surface area (Å²) in [6, 6.07) is 7.61. The summed E-state index contributed by atoms with van der Waals surface area (Å²) in [4.78, 5) is 25.3. The normalized spacial score (nSPS) is 16.4. The molecule has 29 heavy (non-hydrogen) atoms. The van der Waals surface area contributed by atoms with Crippen LogP contribution in [0.4, 0.5) is 9.39 Å². The van der Waals surface area contributed by atoms with Crippen LogP contribution in [0.5, 0.6) is 0 Å². The van der Waals surface area contributed by atoms with Gasteiger partial charge in [-0.05, 0) is 45.4 Å². The number of carbonyl (C=O) groups excluding carboxylic acids is 2. The number of nitriles is 1. The van der Waals surface area contributed by atoms with E-state index in [4.69, 9.17) is 4.74 Å². The number of benzene rings is 1. The van der Waals surface area contributed by atoms with E-state index in [9.17, 15) is 19.2 Å². The summed E-state index contributed by atoms with van der Waals surface area (Å²) < 4.78 is 18.6. The summed E-state index contributed by atoms with van der Waals surface area (Å²) in [6.07, 6.45) is 0.712. The third-order valence-corrected chi connectivity index (χ3v) is 6.26. The van der Waals surface area contributed by atoms with Gasteiger partial charge in [0.1, 0.15) is 22.4 Å². The zero-order valence-electron chi connectivity index (χ0n) is 16.8. The minimum atomic E-state index is -0.915. The number of amides is 1. The Hall–Kier alpha value is -2.76. The molecular weight excluding hydrogens is 393 g/mol. The lowest BCUT2D eigenvalue weighted by atomic mass is 9.81. The first-order valence-corrected chi connectivity index (χ1v) is 10.0. The van der Waals surface area contributed by atoms with Gasteiger partial charge in [0, 0.05) is 6.42 Å². The first-order valence-electron chi connectivity index (χ1n) is 9.19. The maximum absolute atomic E-state index is 13.6. The Morgan fingerprint density at radius 3 is 2.66 bits per heavy atom. The van der Waals surface area contributed by atoms with Gasteiger partial charge in [0.2, 0.25) is 0 Å². The molecule has 0 aliphatic carbocycles. The molecule has 1 aliphatic rings. The van der Waals surface area contributed by atoms with E-state index in [1.54, 1.807) is 0 Å². The van der Waals surface area contributed by atoms with Crippen LogP contribution in [0, 0.1) is 17.1 Å². The molecule has 1 aliphatic heterocycles. The van der Waals surface area contributed by atoms with Crippen molar-refractivity contribution in [3.63, 3.8) is 0 Å². The van der Waals surface area contributed by atoms with E-state index >= 15 is 0 Å². The van der Waals surface area contributed by atoms with Crippen molar-refractivity contribution in [2.45, 2.75) is 45.2 Å². The minimum absolute atomic E-state index is 0.0697. The fourth-order valence-corrected chi connectivity index (χ4v) is 5.17. The predicted molar refractivity (Wildman–Crippen MR) is 107 cm³/mol. The topological polar surface area (TPSA) is 95.8 Å². The van der Waals surface area contributed by atoms with Crippen molar-refractivity contribution in [2.24, 2.45) is 0 Å². The predicted octanol–water partition coefficient (Wildman–Crippen LogP) is 2.69. The molecule has 2 aromatic rings. The monoisotopic (exact) mass is 416 g/mol. The van der Waals surface area contributed by atoms with Gasteiger partial charge in [-0.3, -0.25) is 4.79 Å². The molecule has 0 unspecified atom stereocenters. The number of nitrogens with one attached hydrogen (secondary N) is 1. The van der Waals surface area contributed by atoms with E-state index in [2.05, 4.69) is 44.4 Å². The molecule has 0 saturated carbocycles. The summed E-state index contributed by atoms with van der Waals surface area (Å²) in [5.41, 5.74) is 0.874. The van der Waals surface area contributed by atoms with E-state index in [1.807, 2.05) is 0 Å². The third-order valence-electron chi connectivity index (χ3n) is 4.77. The Bertz CT molecular complexity index is 1020. The Morgan fingerprint density at radius 1 is 1.31 bits per heavy atom. The molecule has 0 radical (unpaired) electrons. The van der Waals surface area contributed by atoms with Crippen molar-refractivity contribution in [3.05, 3.63) is 51.7 Å². The fourth-order valence-electron chi connectivity index (χ4n) is 3.91. The number of ether oxygens (including phenoxy) is 1. The van der Waals surface area contributed by atoms with Crippen molar-refractivity contribution in [1.82, 2.24) is 0 Å². The lowest BCUT2D eigenvalue weighted by Gasteiger charge is -2.38. The highest BCUT2D eigenvalue weighted by atomic mass is 32.1. The number of esters is 1. The standard InChI is InChI=1S/C21H22FN3O3S/c1-20(2)9-13-14(10-23)18(29-17(13)21(3,4)25-20)24-16(26)11-28-19(27)12-7-5-6-8-15(12)22/h5-8,25H,9,11H2,1-4H3,(H,24,26)/p+1. The summed E-state index contributed by atoms with van der Waals surface area (Å²) in [7, 11) is 0. The zero-order chi connectivity index (χ0) is 21.4. The largest absolute Gasteiger partial charge is 0.452 e. The number of fused-ring (bicyclic) bond motifs is 1. The first kappa shape index (κ1) is 21.0. The SMILES string of the molecule is CC1(C)Cc2c(sc(NC(=O)COC(=O)c3ccccc3F)c2C#N)C(C)(C)[NH2+]1. The highest BCUT2D eigenvalue weighted by Crippen LogP contribution is 2.41. The van der Waals surface area contributed by atoms with Crippen molar-refractivity contribution in [1.29, 1.82) is 5.26 Å². The molecular formula is C21H23FN3O3S+. The van der Waals surface area contributed by atoms with Crippen LogP contribution in [-0.4, -0.2) is 24.0 Å². The summed E-state index contributed by atoms with van der Waals surface area (Å²) in [5, 5.41) is 15.1. The second kappa shape index (κ2) is 7.58. The smallest absolute Gasteiger partial charge is 0.341 e. The molecule has 0 spiro atoms. The molecule has 6 nitrogen and oxygen atoms in total. The molecule has 1 aromatic carbocycles. The zero-order valence-corrected chi connectivity index (χ0v) is 17.6. The second-order valence-corrected chi connectivity index (χ2v) is 9.38. The van der Waals surface area contributed by atoms with Gasteiger partial charge in [0.15, 0.2) is 6.61 Å². The van der Waals surface area contributed by atoms with Gasteiger partial charge in [-0.15, -0.1) is 11.3 Å². The number of thiophene rings is 1.